The third-order valence-corrected chi connectivity index (χ3v) is 0.912. The van der Waals surface area contributed by atoms with E-state index in [9.17, 15) is 4.79 Å². The van der Waals surface area contributed by atoms with Crippen molar-refractivity contribution in [2.45, 2.75) is 11.0 Å². The molecular formula is C4H5B2BrO2. The van der Waals surface area contributed by atoms with Gasteiger partial charge in [-0.2, -0.15) is 0 Å². The van der Waals surface area contributed by atoms with Gasteiger partial charge in [-0.15, -0.1) is 0 Å². The smallest absolute Gasteiger partial charge is 0.304 e. The first kappa shape index (κ1) is 9.08. The zero-order valence-electron chi connectivity index (χ0n) is 5.06. The average Bonchev–Trinajstić information content (AvgIpc) is 1.64. The van der Waals surface area contributed by atoms with Gasteiger partial charge in [0.2, 0.25) is 0 Å². The highest BCUT2D eigenvalue weighted by molar-refractivity contribution is 9.11. The van der Waals surface area contributed by atoms with Gasteiger partial charge in [-0.25, -0.2) is 0 Å². The van der Waals surface area contributed by atoms with Gasteiger partial charge in [0.15, 0.2) is 0 Å². The van der Waals surface area contributed by atoms with Gasteiger partial charge < -0.3 is 4.74 Å². The van der Waals surface area contributed by atoms with E-state index in [2.05, 4.69) is 20.7 Å². The number of carbonyl (C=O) groups is 1. The van der Waals surface area contributed by atoms with Crippen molar-refractivity contribution < 1.29 is 9.53 Å². The molecule has 0 heterocycles. The zero-order valence-corrected chi connectivity index (χ0v) is 6.64. The molecule has 0 aromatic carbocycles. The monoisotopic (exact) mass is 186 g/mol. The Balaban J connectivity index is 3.74. The Morgan fingerprint density at radius 2 is 2.22 bits per heavy atom. The van der Waals surface area contributed by atoms with Crippen LogP contribution in [0.4, 0.5) is 0 Å². The van der Waals surface area contributed by atoms with E-state index in [1.54, 1.807) is 6.92 Å². The molecule has 0 aromatic heterocycles. The van der Waals surface area contributed by atoms with Crippen LogP contribution in [0.5, 0.6) is 0 Å². The van der Waals surface area contributed by atoms with E-state index >= 15 is 0 Å². The highest BCUT2D eigenvalue weighted by atomic mass is 79.9. The lowest BCUT2D eigenvalue weighted by Gasteiger charge is -2.13. The van der Waals surface area contributed by atoms with Gasteiger partial charge in [0.1, 0.15) is 0 Å². The molecule has 0 aliphatic rings. The van der Waals surface area contributed by atoms with E-state index in [-0.39, 0.29) is 6.61 Å². The molecular weight excluding hydrogens is 182 g/mol. The zero-order chi connectivity index (χ0) is 7.49. The Bertz CT molecular complexity index is 110. The Morgan fingerprint density at radius 1 is 1.78 bits per heavy atom. The largest absolute Gasteiger partial charge is 0.466 e. The molecule has 0 rings (SSSR count). The van der Waals surface area contributed by atoms with Crippen LogP contribution in [0.2, 0.25) is 0 Å². The summed E-state index contributed by atoms with van der Waals surface area (Å²) in [6, 6.07) is 0. The molecule has 0 aromatic rings. The summed E-state index contributed by atoms with van der Waals surface area (Å²) in [5, 5.41) is 0. The predicted octanol–water partition coefficient (Wildman–Crippen LogP) is -0.0648. The van der Waals surface area contributed by atoms with Crippen LogP contribution in [0.1, 0.15) is 6.92 Å². The van der Waals surface area contributed by atoms with E-state index in [4.69, 9.17) is 15.7 Å². The molecule has 0 bridgehead atoms. The normalized spacial score (nSPS) is 10.9. The standard InChI is InChI=1S/C4H5B2BrO2/c1-2-9-3(8)4(5,6)7/h2H2,1H3. The number of rotatable bonds is 2. The van der Waals surface area contributed by atoms with Crippen molar-refractivity contribution in [2.75, 3.05) is 6.61 Å². The summed E-state index contributed by atoms with van der Waals surface area (Å²) in [6.07, 6.45) is 0. The molecule has 0 aliphatic carbocycles. The first-order chi connectivity index (χ1) is 3.98. The number of esters is 1. The summed E-state index contributed by atoms with van der Waals surface area (Å²) in [7, 11) is 10.2. The first-order valence-electron chi connectivity index (χ1n) is 2.42. The van der Waals surface area contributed by atoms with Gasteiger partial charge in [0.25, 0.3) is 0 Å². The summed E-state index contributed by atoms with van der Waals surface area (Å²) in [5.41, 5.74) is 0. The number of carbonyl (C=O) groups excluding carboxylic acids is 1. The fourth-order valence-corrected chi connectivity index (χ4v) is 0.356. The van der Waals surface area contributed by atoms with Crippen molar-refractivity contribution in [1.82, 2.24) is 0 Å². The lowest BCUT2D eigenvalue weighted by molar-refractivity contribution is -0.141. The van der Waals surface area contributed by atoms with E-state index in [1.165, 1.54) is 0 Å². The molecule has 0 spiro atoms. The topological polar surface area (TPSA) is 26.3 Å². The maximum absolute atomic E-state index is 10.5. The van der Waals surface area contributed by atoms with Crippen LogP contribution in [0.15, 0.2) is 0 Å². The highest BCUT2D eigenvalue weighted by Crippen LogP contribution is 2.08. The molecule has 0 saturated heterocycles. The highest BCUT2D eigenvalue weighted by Gasteiger charge is 2.23. The molecule has 0 aliphatic heterocycles. The van der Waals surface area contributed by atoms with Crippen LogP contribution in [-0.2, 0) is 9.53 Å². The molecule has 46 valence electrons. The van der Waals surface area contributed by atoms with E-state index in [0.717, 1.165) is 0 Å². The van der Waals surface area contributed by atoms with Crippen LogP contribution >= 0.6 is 15.9 Å². The summed E-state index contributed by atoms with van der Waals surface area (Å²) in [6.45, 7) is 1.96. The third-order valence-electron chi connectivity index (χ3n) is 0.588. The lowest BCUT2D eigenvalue weighted by atomic mass is 9.71. The van der Waals surface area contributed by atoms with Gasteiger partial charge in [-0.05, 0) is 6.92 Å². The average molecular weight is 187 g/mol. The Hall–Kier alpha value is 0.0799. The number of hydrogen-bond acceptors (Lipinski definition) is 2. The van der Waals surface area contributed by atoms with E-state index < -0.39 is 10.1 Å². The van der Waals surface area contributed by atoms with Crippen LogP contribution in [-0.4, -0.2) is 32.4 Å². The molecule has 0 saturated carbocycles. The second kappa shape index (κ2) is 3.30. The molecule has 9 heavy (non-hydrogen) atoms. The summed E-state index contributed by atoms with van der Waals surface area (Å²) in [4.78, 5) is 10.5. The minimum atomic E-state index is -1.54. The minimum absolute atomic E-state index is 0.278. The second-order valence-electron chi connectivity index (χ2n) is 1.49. The summed E-state index contributed by atoms with van der Waals surface area (Å²) in [5.74, 6) is -0.662. The van der Waals surface area contributed by atoms with Gasteiger partial charge in [-0.3, -0.25) is 4.79 Å². The molecule has 0 unspecified atom stereocenters. The van der Waals surface area contributed by atoms with Gasteiger partial charge in [-0.1, -0.05) is 15.9 Å². The van der Waals surface area contributed by atoms with Crippen LogP contribution in [0.3, 0.4) is 0 Å². The summed E-state index contributed by atoms with van der Waals surface area (Å²) >= 11 is 2.73. The number of hydrogen-bond donors (Lipinski definition) is 0. The minimum Gasteiger partial charge on any atom is -0.466 e. The quantitative estimate of drug-likeness (QED) is 0.343. The Labute approximate surface area is 65.3 Å². The number of alkyl halides is 1. The number of halogens is 1. The van der Waals surface area contributed by atoms with Crippen LogP contribution in [0.25, 0.3) is 0 Å². The molecule has 4 radical (unpaired) electrons. The molecule has 0 fully saturated rings. The van der Waals surface area contributed by atoms with Crippen molar-refractivity contribution in [3.8, 4) is 0 Å². The molecule has 0 atom stereocenters. The van der Waals surface area contributed by atoms with Crippen molar-refractivity contribution in [3.05, 3.63) is 0 Å². The van der Waals surface area contributed by atoms with Crippen molar-refractivity contribution in [1.29, 1.82) is 0 Å². The van der Waals surface area contributed by atoms with Gasteiger partial charge in [0.05, 0.1) is 22.3 Å². The van der Waals surface area contributed by atoms with E-state index in [0.29, 0.717) is 0 Å². The maximum Gasteiger partial charge on any atom is 0.304 e. The van der Waals surface area contributed by atoms with Crippen LogP contribution < -0.4 is 0 Å². The molecule has 2 nitrogen and oxygen atoms in total. The molecule has 5 heteroatoms. The van der Waals surface area contributed by atoms with E-state index in [1.807, 2.05) is 0 Å². The van der Waals surface area contributed by atoms with Crippen molar-refractivity contribution >= 4 is 37.6 Å². The fourth-order valence-electron chi connectivity index (χ4n) is 0.242. The van der Waals surface area contributed by atoms with Crippen molar-refractivity contribution in [3.63, 3.8) is 0 Å². The van der Waals surface area contributed by atoms with Crippen molar-refractivity contribution in [2.24, 2.45) is 0 Å². The molecule has 0 amide bonds. The summed E-state index contributed by atoms with van der Waals surface area (Å²) < 4.78 is 2.93. The molecule has 0 N–H and O–H groups in total. The fraction of sp³-hybridized carbons (Fsp3) is 0.750. The Kier molecular flexibility index (Phi) is 3.33. The maximum atomic E-state index is 10.5. The Morgan fingerprint density at radius 3 is 2.33 bits per heavy atom. The SMILES string of the molecule is [B]C([B])(Br)C(=O)OCC. The third kappa shape index (κ3) is 3.62. The number of ether oxygens (including phenoxy) is 1. The second-order valence-corrected chi connectivity index (χ2v) is 2.80. The van der Waals surface area contributed by atoms with Gasteiger partial charge in [0, 0.05) is 4.12 Å². The first-order valence-corrected chi connectivity index (χ1v) is 3.21. The van der Waals surface area contributed by atoms with Gasteiger partial charge >= 0.3 is 5.97 Å². The van der Waals surface area contributed by atoms with Crippen LogP contribution in [0, 0.1) is 0 Å². The lowest BCUT2D eigenvalue weighted by Crippen LogP contribution is -2.34. The predicted molar refractivity (Wildman–Crippen MR) is 39.8 cm³/mol.